The third-order valence-electron chi connectivity index (χ3n) is 4.13. The highest BCUT2D eigenvalue weighted by molar-refractivity contribution is 7.80. The fourth-order valence-corrected chi connectivity index (χ4v) is 3.00. The molecule has 0 saturated heterocycles. The van der Waals surface area contributed by atoms with Crippen LogP contribution >= 0.6 is 23.8 Å². The van der Waals surface area contributed by atoms with Crippen molar-refractivity contribution >= 4 is 46.6 Å². The van der Waals surface area contributed by atoms with Gasteiger partial charge in [0.2, 0.25) is 5.91 Å². The molecule has 0 unspecified atom stereocenters. The number of hydrogen-bond donors (Lipinski definition) is 2. The van der Waals surface area contributed by atoms with E-state index in [2.05, 4.69) is 22.8 Å². The Morgan fingerprint density at radius 2 is 1.77 bits per heavy atom. The smallest absolute Gasteiger partial charge is 0.250 e. The first-order valence-electron chi connectivity index (χ1n) is 9.41. The first kappa shape index (κ1) is 21.6. The summed E-state index contributed by atoms with van der Waals surface area (Å²) in [6, 6.07) is 24.8. The molecule has 3 aromatic rings. The summed E-state index contributed by atoms with van der Waals surface area (Å²) in [6.45, 7) is 0.574. The summed E-state index contributed by atoms with van der Waals surface area (Å²) in [4.78, 5) is 12.1. The maximum atomic E-state index is 12.1. The van der Waals surface area contributed by atoms with Gasteiger partial charge in [-0.15, -0.1) is 0 Å². The van der Waals surface area contributed by atoms with Crippen molar-refractivity contribution in [3.05, 3.63) is 101 Å². The molecule has 2 N–H and O–H groups in total. The van der Waals surface area contributed by atoms with Crippen LogP contribution in [0, 0.1) is 0 Å². The third kappa shape index (κ3) is 7.35. The quantitative estimate of drug-likeness (QED) is 0.380. The second kappa shape index (κ2) is 11.1. The predicted molar refractivity (Wildman–Crippen MR) is 127 cm³/mol. The lowest BCUT2D eigenvalue weighted by Crippen LogP contribution is -2.32. The van der Waals surface area contributed by atoms with Crippen molar-refractivity contribution in [2.75, 3.05) is 11.9 Å². The zero-order valence-corrected chi connectivity index (χ0v) is 17.7. The molecule has 152 valence electrons. The van der Waals surface area contributed by atoms with Crippen LogP contribution in [0.15, 0.2) is 84.9 Å². The molecule has 0 heterocycles. The molecule has 30 heavy (non-hydrogen) atoms. The van der Waals surface area contributed by atoms with Gasteiger partial charge in [0.1, 0.15) is 5.75 Å². The average Bonchev–Trinajstić information content (AvgIpc) is 2.74. The van der Waals surface area contributed by atoms with Gasteiger partial charge in [0, 0.05) is 29.3 Å². The first-order chi connectivity index (χ1) is 14.6. The number of carbonyl (C=O) groups is 1. The topological polar surface area (TPSA) is 50.4 Å². The summed E-state index contributed by atoms with van der Waals surface area (Å²) < 4.78 is 5.82. The molecule has 0 fully saturated rings. The molecular weight excluding hydrogens is 416 g/mol. The lowest BCUT2D eigenvalue weighted by molar-refractivity contribution is -0.115. The van der Waals surface area contributed by atoms with Crippen molar-refractivity contribution in [1.29, 1.82) is 0 Å². The van der Waals surface area contributed by atoms with Gasteiger partial charge in [-0.2, -0.15) is 0 Å². The van der Waals surface area contributed by atoms with E-state index in [4.69, 9.17) is 28.6 Å². The van der Waals surface area contributed by atoms with Crippen molar-refractivity contribution in [1.82, 2.24) is 5.32 Å². The highest BCUT2D eigenvalue weighted by atomic mass is 35.5. The second-order valence-corrected chi connectivity index (χ2v) is 7.28. The van der Waals surface area contributed by atoms with Crippen LogP contribution in [-0.4, -0.2) is 17.6 Å². The Morgan fingerprint density at radius 1 is 1.00 bits per heavy atom. The van der Waals surface area contributed by atoms with Crippen molar-refractivity contribution < 1.29 is 9.53 Å². The Balaban J connectivity index is 1.47. The lowest BCUT2D eigenvalue weighted by Gasteiger charge is -2.11. The van der Waals surface area contributed by atoms with E-state index in [0.717, 1.165) is 23.4 Å². The number of rotatable bonds is 7. The van der Waals surface area contributed by atoms with Crippen LogP contribution in [0.3, 0.4) is 0 Å². The Morgan fingerprint density at radius 3 is 2.53 bits per heavy atom. The number of carbonyl (C=O) groups excluding carboxylic acids is 1. The van der Waals surface area contributed by atoms with Crippen LogP contribution in [0.1, 0.15) is 11.1 Å². The van der Waals surface area contributed by atoms with Gasteiger partial charge >= 0.3 is 0 Å². The molecule has 3 aromatic carbocycles. The summed E-state index contributed by atoms with van der Waals surface area (Å²) in [6.07, 6.45) is 3.93. The summed E-state index contributed by atoms with van der Waals surface area (Å²) in [5, 5.41) is 6.47. The summed E-state index contributed by atoms with van der Waals surface area (Å²) >= 11 is 11.1. The molecule has 0 aliphatic rings. The number of anilines is 1. The molecule has 0 bridgehead atoms. The number of ether oxygens (including phenoxy) is 1. The minimum absolute atomic E-state index is 0.210. The molecule has 3 rings (SSSR count). The number of hydrogen-bond acceptors (Lipinski definition) is 3. The van der Waals surface area contributed by atoms with E-state index in [-0.39, 0.29) is 11.0 Å². The van der Waals surface area contributed by atoms with E-state index in [0.29, 0.717) is 11.6 Å². The third-order valence-corrected chi connectivity index (χ3v) is 4.58. The molecule has 1 amide bonds. The zero-order chi connectivity index (χ0) is 21.2. The van der Waals surface area contributed by atoms with Crippen LogP contribution in [0.25, 0.3) is 6.08 Å². The summed E-state index contributed by atoms with van der Waals surface area (Å²) in [5.41, 5.74) is 2.83. The van der Waals surface area contributed by atoms with Gasteiger partial charge in [-0.3, -0.25) is 10.1 Å². The van der Waals surface area contributed by atoms with Gasteiger partial charge in [0.25, 0.3) is 0 Å². The number of thiocarbonyl (C=S) groups is 1. The van der Waals surface area contributed by atoms with E-state index < -0.39 is 0 Å². The molecule has 0 aliphatic heterocycles. The molecule has 6 heteroatoms. The van der Waals surface area contributed by atoms with E-state index in [1.165, 1.54) is 11.6 Å². The number of halogens is 1. The standard InChI is InChI=1S/C24H21ClN2O2S/c25-20-12-9-19(10-13-20)11-14-23(28)27-24(30)26-21-7-4-8-22(17-21)29-16-15-18-5-2-1-3-6-18/h1-14,17H,15-16H2,(H2,26,27,28,30)/b14-11+. The van der Waals surface area contributed by atoms with E-state index >= 15 is 0 Å². The normalized spacial score (nSPS) is 10.6. The Kier molecular flexibility index (Phi) is 8.01. The van der Waals surface area contributed by atoms with Gasteiger partial charge in [-0.25, -0.2) is 0 Å². The SMILES string of the molecule is O=C(/C=C/c1ccc(Cl)cc1)NC(=S)Nc1cccc(OCCc2ccccc2)c1. The Bertz CT molecular complexity index is 1020. The van der Waals surface area contributed by atoms with Gasteiger partial charge in [-0.05, 0) is 53.7 Å². The molecular formula is C24H21ClN2O2S. The van der Waals surface area contributed by atoms with Crippen LogP contribution < -0.4 is 15.4 Å². The number of amides is 1. The maximum absolute atomic E-state index is 12.1. The predicted octanol–water partition coefficient (Wildman–Crippen LogP) is 5.49. The van der Waals surface area contributed by atoms with Gasteiger partial charge in [0.05, 0.1) is 6.61 Å². The molecule has 0 radical (unpaired) electrons. The zero-order valence-electron chi connectivity index (χ0n) is 16.2. The molecule has 0 aliphatic carbocycles. The average molecular weight is 437 g/mol. The fourth-order valence-electron chi connectivity index (χ4n) is 2.66. The van der Waals surface area contributed by atoms with Gasteiger partial charge in [-0.1, -0.05) is 60.1 Å². The second-order valence-electron chi connectivity index (χ2n) is 6.44. The van der Waals surface area contributed by atoms with Crippen LogP contribution in [0.2, 0.25) is 5.02 Å². The molecule has 4 nitrogen and oxygen atoms in total. The van der Waals surface area contributed by atoms with Crippen molar-refractivity contribution in [3.63, 3.8) is 0 Å². The van der Waals surface area contributed by atoms with E-state index in [1.807, 2.05) is 54.6 Å². The summed E-state index contributed by atoms with van der Waals surface area (Å²) in [5.74, 6) is 0.408. The van der Waals surface area contributed by atoms with E-state index in [1.54, 1.807) is 18.2 Å². The largest absolute Gasteiger partial charge is 0.493 e. The monoisotopic (exact) mass is 436 g/mol. The highest BCUT2D eigenvalue weighted by Crippen LogP contribution is 2.17. The van der Waals surface area contributed by atoms with Crippen molar-refractivity contribution in [3.8, 4) is 5.75 Å². The fraction of sp³-hybridized carbons (Fsp3) is 0.0833. The van der Waals surface area contributed by atoms with Crippen LogP contribution in [-0.2, 0) is 11.2 Å². The van der Waals surface area contributed by atoms with Crippen molar-refractivity contribution in [2.24, 2.45) is 0 Å². The first-order valence-corrected chi connectivity index (χ1v) is 10.2. The Labute approximate surface area is 186 Å². The highest BCUT2D eigenvalue weighted by Gasteiger charge is 2.03. The van der Waals surface area contributed by atoms with Crippen LogP contribution in [0.5, 0.6) is 5.75 Å². The number of nitrogens with one attached hydrogen (secondary N) is 2. The molecule has 0 saturated carbocycles. The molecule has 0 spiro atoms. The van der Waals surface area contributed by atoms with Gasteiger partial charge in [0.15, 0.2) is 5.11 Å². The van der Waals surface area contributed by atoms with Crippen molar-refractivity contribution in [2.45, 2.75) is 6.42 Å². The number of benzene rings is 3. The maximum Gasteiger partial charge on any atom is 0.250 e. The van der Waals surface area contributed by atoms with E-state index in [9.17, 15) is 4.79 Å². The minimum Gasteiger partial charge on any atom is -0.493 e. The summed E-state index contributed by atoms with van der Waals surface area (Å²) in [7, 11) is 0. The lowest BCUT2D eigenvalue weighted by atomic mass is 10.2. The molecule has 0 aromatic heterocycles. The Hall–Kier alpha value is -3.15. The molecule has 0 atom stereocenters. The minimum atomic E-state index is -0.322. The van der Waals surface area contributed by atoms with Gasteiger partial charge < -0.3 is 10.1 Å². The van der Waals surface area contributed by atoms with Crippen LogP contribution in [0.4, 0.5) is 5.69 Å².